The maximum atomic E-state index is 14.2. The lowest BCUT2D eigenvalue weighted by molar-refractivity contribution is -0.137. The Morgan fingerprint density at radius 3 is 2.36 bits per heavy atom. The molecule has 1 fully saturated rings. The number of pyridine rings is 1. The molecule has 1 aliphatic heterocycles. The molecule has 0 aliphatic carbocycles. The molecule has 5 rings (SSSR count). The predicted octanol–water partition coefficient (Wildman–Crippen LogP) is 6.22. The minimum Gasteiger partial charge on any atom is -0.508 e. The molecule has 0 bridgehead atoms. The number of ether oxygens (including phenoxy) is 1. The number of likely N-dealkylation sites (tertiary alicyclic amines) is 1. The van der Waals surface area contributed by atoms with Crippen LogP contribution in [-0.2, 0) is 12.8 Å². The van der Waals surface area contributed by atoms with E-state index in [1.807, 2.05) is 30.3 Å². The summed E-state index contributed by atoms with van der Waals surface area (Å²) in [7, 11) is 0. The number of aromatic nitrogens is 1. The Morgan fingerprint density at radius 1 is 0.974 bits per heavy atom. The first kappa shape index (κ1) is 28.3. The summed E-state index contributed by atoms with van der Waals surface area (Å²) in [5, 5.41) is 19.6. The number of halogens is 5. The molecular formula is C29H27F5N2O3. The molecule has 0 radical (unpaired) electrons. The Bertz CT molecular complexity index is 1390. The SMILES string of the molecule is FCC1CN(CCOc2ccccc2)C1.OCc1c(-c2ccc(C(F)(F)F)cc2F)cnc2cc(O)ccc12. The zero-order valence-corrected chi connectivity index (χ0v) is 20.8. The number of hydrogen-bond donors (Lipinski definition) is 2. The molecule has 1 aromatic heterocycles. The second kappa shape index (κ2) is 12.4. The highest BCUT2D eigenvalue weighted by Crippen LogP contribution is 2.35. The molecule has 1 saturated heterocycles. The third-order valence-corrected chi connectivity index (χ3v) is 6.38. The zero-order chi connectivity index (χ0) is 28.0. The highest BCUT2D eigenvalue weighted by molar-refractivity contribution is 5.89. The average Bonchev–Trinajstić information content (AvgIpc) is 2.89. The van der Waals surface area contributed by atoms with Crippen molar-refractivity contribution in [1.82, 2.24) is 9.88 Å². The van der Waals surface area contributed by atoms with Crippen molar-refractivity contribution in [3.63, 3.8) is 0 Å². The quantitative estimate of drug-likeness (QED) is 0.269. The molecule has 5 nitrogen and oxygen atoms in total. The molecule has 10 heteroatoms. The lowest BCUT2D eigenvalue weighted by atomic mass is 9.97. The molecule has 1 aliphatic rings. The van der Waals surface area contributed by atoms with Crippen molar-refractivity contribution in [3.8, 4) is 22.6 Å². The summed E-state index contributed by atoms with van der Waals surface area (Å²) in [5.41, 5.74) is -0.279. The lowest BCUT2D eigenvalue weighted by Gasteiger charge is -2.37. The molecular weight excluding hydrogens is 519 g/mol. The van der Waals surface area contributed by atoms with E-state index in [4.69, 9.17) is 4.74 Å². The number of phenolic OH excluding ortho intramolecular Hbond substituents is 1. The van der Waals surface area contributed by atoms with Crippen LogP contribution in [0.4, 0.5) is 22.0 Å². The van der Waals surface area contributed by atoms with Gasteiger partial charge in [-0.15, -0.1) is 0 Å². The normalized spacial score (nSPS) is 14.0. The van der Waals surface area contributed by atoms with Gasteiger partial charge in [0.1, 0.15) is 23.9 Å². The third kappa shape index (κ3) is 7.01. The topological polar surface area (TPSA) is 65.8 Å². The maximum Gasteiger partial charge on any atom is 0.416 e. The van der Waals surface area contributed by atoms with Crippen molar-refractivity contribution in [2.75, 3.05) is 32.9 Å². The molecule has 39 heavy (non-hydrogen) atoms. The molecule has 0 atom stereocenters. The second-order valence-electron chi connectivity index (χ2n) is 9.14. The minimum atomic E-state index is -4.64. The van der Waals surface area contributed by atoms with Crippen molar-refractivity contribution in [2.24, 2.45) is 5.92 Å². The van der Waals surface area contributed by atoms with Crippen LogP contribution >= 0.6 is 0 Å². The summed E-state index contributed by atoms with van der Waals surface area (Å²) in [6.07, 6.45) is -3.38. The average molecular weight is 547 g/mol. The summed E-state index contributed by atoms with van der Waals surface area (Å²) >= 11 is 0. The molecule has 4 aromatic rings. The van der Waals surface area contributed by atoms with Gasteiger partial charge in [-0.2, -0.15) is 13.2 Å². The first-order valence-electron chi connectivity index (χ1n) is 12.2. The van der Waals surface area contributed by atoms with Gasteiger partial charge < -0.3 is 14.9 Å². The van der Waals surface area contributed by atoms with Crippen LogP contribution < -0.4 is 4.74 Å². The standard InChI is InChI=1S/C17H11F4NO2.C12H16FNO/c18-15-5-9(17(19,20)21)1-3-11(15)13-7-22-16-6-10(24)2-4-12(16)14(13)8-23;13-8-11-9-14(10-11)6-7-15-12-4-2-1-3-5-12/h1-7,23-24H,8H2;1-5,11H,6-10H2. The largest absolute Gasteiger partial charge is 0.508 e. The molecule has 0 amide bonds. The smallest absolute Gasteiger partial charge is 0.416 e. The van der Waals surface area contributed by atoms with E-state index in [1.165, 1.54) is 24.4 Å². The molecule has 0 saturated carbocycles. The van der Waals surface area contributed by atoms with E-state index in [-0.39, 0.29) is 29.5 Å². The van der Waals surface area contributed by atoms with E-state index in [9.17, 15) is 32.2 Å². The number of para-hydroxylation sites is 1. The third-order valence-electron chi connectivity index (χ3n) is 6.38. The summed E-state index contributed by atoms with van der Waals surface area (Å²) < 4.78 is 69.8. The van der Waals surface area contributed by atoms with E-state index < -0.39 is 24.2 Å². The van der Waals surface area contributed by atoms with E-state index in [0.29, 0.717) is 29.1 Å². The fourth-order valence-electron chi connectivity index (χ4n) is 4.32. The number of aliphatic hydroxyl groups excluding tert-OH is 1. The van der Waals surface area contributed by atoms with Gasteiger partial charge in [-0.1, -0.05) is 24.3 Å². The Labute approximate surface area is 222 Å². The van der Waals surface area contributed by atoms with Gasteiger partial charge >= 0.3 is 6.18 Å². The van der Waals surface area contributed by atoms with Gasteiger partial charge in [-0.25, -0.2) is 4.39 Å². The number of benzene rings is 3. The number of phenols is 1. The Morgan fingerprint density at radius 2 is 1.72 bits per heavy atom. The van der Waals surface area contributed by atoms with Crippen molar-refractivity contribution in [1.29, 1.82) is 0 Å². The van der Waals surface area contributed by atoms with Crippen LogP contribution in [0.1, 0.15) is 11.1 Å². The number of rotatable bonds is 7. The lowest BCUT2D eigenvalue weighted by Crippen LogP contribution is -2.49. The van der Waals surface area contributed by atoms with Gasteiger partial charge in [0.25, 0.3) is 0 Å². The van der Waals surface area contributed by atoms with Crippen molar-refractivity contribution in [2.45, 2.75) is 12.8 Å². The van der Waals surface area contributed by atoms with Crippen LogP contribution in [0, 0.1) is 11.7 Å². The number of hydrogen-bond acceptors (Lipinski definition) is 5. The first-order chi connectivity index (χ1) is 18.7. The van der Waals surface area contributed by atoms with Crippen molar-refractivity contribution < 1.29 is 36.9 Å². The number of aliphatic hydroxyl groups is 1. The van der Waals surface area contributed by atoms with Gasteiger partial charge in [0, 0.05) is 54.3 Å². The van der Waals surface area contributed by atoms with Crippen molar-refractivity contribution >= 4 is 10.9 Å². The van der Waals surface area contributed by atoms with E-state index in [0.717, 1.165) is 37.5 Å². The van der Waals surface area contributed by atoms with Gasteiger partial charge in [0.2, 0.25) is 0 Å². The summed E-state index contributed by atoms with van der Waals surface area (Å²) in [5.74, 6) is 0.0913. The van der Waals surface area contributed by atoms with Crippen LogP contribution in [0.2, 0.25) is 0 Å². The fraction of sp³-hybridized carbons (Fsp3) is 0.276. The molecule has 3 aromatic carbocycles. The molecule has 2 N–H and O–H groups in total. The number of nitrogens with zero attached hydrogens (tertiary/aromatic N) is 2. The monoisotopic (exact) mass is 546 g/mol. The zero-order valence-electron chi connectivity index (χ0n) is 20.8. The Kier molecular flexibility index (Phi) is 8.98. The molecule has 2 heterocycles. The summed E-state index contributed by atoms with van der Waals surface area (Å²) in [4.78, 5) is 6.29. The van der Waals surface area contributed by atoms with E-state index >= 15 is 0 Å². The first-order valence-corrected chi connectivity index (χ1v) is 12.2. The van der Waals surface area contributed by atoms with E-state index in [2.05, 4.69) is 9.88 Å². The number of alkyl halides is 4. The molecule has 0 unspecified atom stereocenters. The van der Waals surface area contributed by atoms with Crippen LogP contribution in [-0.4, -0.2) is 53.0 Å². The van der Waals surface area contributed by atoms with Crippen molar-refractivity contribution in [3.05, 3.63) is 89.9 Å². The highest BCUT2D eigenvalue weighted by Gasteiger charge is 2.31. The van der Waals surface area contributed by atoms with Crippen LogP contribution in [0.5, 0.6) is 11.5 Å². The Balaban J connectivity index is 0.000000202. The molecule has 206 valence electrons. The van der Waals surface area contributed by atoms with E-state index in [1.54, 1.807) is 0 Å². The van der Waals surface area contributed by atoms with Crippen LogP contribution in [0.3, 0.4) is 0 Å². The van der Waals surface area contributed by atoms with Crippen LogP contribution in [0.25, 0.3) is 22.0 Å². The maximum absolute atomic E-state index is 14.2. The Hall–Kier alpha value is -3.76. The predicted molar refractivity (Wildman–Crippen MR) is 138 cm³/mol. The fourth-order valence-corrected chi connectivity index (χ4v) is 4.32. The number of aromatic hydroxyl groups is 1. The van der Waals surface area contributed by atoms with Gasteiger partial charge in [-0.05, 0) is 42.0 Å². The van der Waals surface area contributed by atoms with Gasteiger partial charge in [0.15, 0.2) is 0 Å². The summed E-state index contributed by atoms with van der Waals surface area (Å²) in [6, 6.07) is 16.2. The molecule has 0 spiro atoms. The minimum absolute atomic E-state index is 0.0210. The van der Waals surface area contributed by atoms with Gasteiger partial charge in [-0.3, -0.25) is 14.3 Å². The highest BCUT2D eigenvalue weighted by atomic mass is 19.4. The summed E-state index contributed by atoms with van der Waals surface area (Å²) in [6.45, 7) is 2.70. The second-order valence-corrected chi connectivity index (χ2v) is 9.14. The van der Waals surface area contributed by atoms with Gasteiger partial charge in [0.05, 0.1) is 24.4 Å². The number of fused-ring (bicyclic) bond motifs is 1. The van der Waals surface area contributed by atoms with Crippen LogP contribution in [0.15, 0.2) is 72.9 Å².